The zero-order valence-electron chi connectivity index (χ0n) is 11.4. The Labute approximate surface area is 122 Å². The van der Waals surface area contributed by atoms with Crippen molar-refractivity contribution in [2.75, 3.05) is 24.1 Å². The molecule has 0 saturated heterocycles. The lowest BCUT2D eigenvalue weighted by Crippen LogP contribution is -2.32. The number of carbonyl (C=O) groups excluding carboxylic acids is 1. The molecular weight excluding hydrogens is 282 g/mol. The molecule has 0 aliphatic carbocycles. The molecule has 0 radical (unpaired) electrons. The highest BCUT2D eigenvalue weighted by atomic mass is 35.5. The molecule has 110 valence electrons. The highest BCUT2D eigenvalue weighted by molar-refractivity contribution is 6.34. The van der Waals surface area contributed by atoms with Crippen LogP contribution in [0, 0.1) is 5.92 Å². The Bertz CT molecular complexity index is 518. The van der Waals surface area contributed by atoms with Gasteiger partial charge in [0, 0.05) is 12.2 Å². The minimum Gasteiger partial charge on any atom is -0.478 e. The van der Waals surface area contributed by atoms with Crippen LogP contribution in [-0.2, 0) is 4.79 Å². The number of nitrogen functional groups attached to an aromatic ring is 1. The Morgan fingerprint density at radius 1 is 1.40 bits per heavy atom. The van der Waals surface area contributed by atoms with Gasteiger partial charge in [0.15, 0.2) is 0 Å². The van der Waals surface area contributed by atoms with Gasteiger partial charge in [-0.15, -0.1) is 0 Å². The zero-order chi connectivity index (χ0) is 15.3. The van der Waals surface area contributed by atoms with Crippen molar-refractivity contribution in [3.63, 3.8) is 0 Å². The van der Waals surface area contributed by atoms with Crippen molar-refractivity contribution in [2.45, 2.75) is 13.8 Å². The maximum absolute atomic E-state index is 11.6. The van der Waals surface area contributed by atoms with Gasteiger partial charge in [0.05, 0.1) is 22.8 Å². The van der Waals surface area contributed by atoms with E-state index in [1.54, 1.807) is 0 Å². The predicted molar refractivity (Wildman–Crippen MR) is 79.2 cm³/mol. The summed E-state index contributed by atoms with van der Waals surface area (Å²) in [6, 6.07) is 2.73. The molecule has 0 spiro atoms. The minimum absolute atomic E-state index is 0.0589. The van der Waals surface area contributed by atoms with E-state index in [2.05, 4.69) is 10.6 Å². The van der Waals surface area contributed by atoms with Crippen molar-refractivity contribution in [1.29, 1.82) is 0 Å². The second-order valence-electron chi connectivity index (χ2n) is 4.78. The van der Waals surface area contributed by atoms with Crippen LogP contribution in [0.2, 0.25) is 5.02 Å². The zero-order valence-corrected chi connectivity index (χ0v) is 12.1. The molecule has 0 unspecified atom stereocenters. The molecule has 20 heavy (non-hydrogen) atoms. The third-order valence-corrected chi connectivity index (χ3v) is 2.77. The van der Waals surface area contributed by atoms with Gasteiger partial charge in [0.25, 0.3) is 0 Å². The molecule has 0 saturated carbocycles. The first-order chi connectivity index (χ1) is 9.31. The molecule has 0 bridgehead atoms. The van der Waals surface area contributed by atoms with Gasteiger partial charge < -0.3 is 21.5 Å². The van der Waals surface area contributed by atoms with Gasteiger partial charge in [-0.25, -0.2) is 4.79 Å². The number of anilines is 2. The van der Waals surface area contributed by atoms with Crippen LogP contribution >= 0.6 is 11.6 Å². The fraction of sp³-hybridized carbons (Fsp3) is 0.385. The van der Waals surface area contributed by atoms with Gasteiger partial charge in [0.2, 0.25) is 5.91 Å². The summed E-state index contributed by atoms with van der Waals surface area (Å²) in [4.78, 5) is 22.7. The number of rotatable bonds is 6. The number of hydrogen-bond acceptors (Lipinski definition) is 4. The first-order valence-electron chi connectivity index (χ1n) is 6.14. The largest absolute Gasteiger partial charge is 0.478 e. The molecule has 1 amide bonds. The summed E-state index contributed by atoms with van der Waals surface area (Å²) in [5, 5.41) is 14.7. The predicted octanol–water partition coefficient (Wildman–Crippen LogP) is 1.80. The molecule has 6 nitrogen and oxygen atoms in total. The molecule has 5 N–H and O–H groups in total. The lowest BCUT2D eigenvalue weighted by Gasteiger charge is -2.13. The van der Waals surface area contributed by atoms with Gasteiger partial charge in [-0.2, -0.15) is 0 Å². The maximum Gasteiger partial charge on any atom is 0.337 e. The number of nitrogens with one attached hydrogen (secondary N) is 2. The van der Waals surface area contributed by atoms with Gasteiger partial charge in [-0.1, -0.05) is 25.4 Å². The lowest BCUT2D eigenvalue weighted by molar-refractivity contribution is -0.119. The Kier molecular flexibility index (Phi) is 5.64. The maximum atomic E-state index is 11.6. The van der Waals surface area contributed by atoms with E-state index in [9.17, 15) is 9.59 Å². The normalized spacial score (nSPS) is 10.4. The van der Waals surface area contributed by atoms with Crippen molar-refractivity contribution in [3.05, 3.63) is 22.7 Å². The van der Waals surface area contributed by atoms with E-state index in [-0.39, 0.29) is 34.4 Å². The first-order valence-corrected chi connectivity index (χ1v) is 6.52. The van der Waals surface area contributed by atoms with Crippen molar-refractivity contribution in [3.8, 4) is 0 Å². The summed E-state index contributed by atoms with van der Waals surface area (Å²) in [6.45, 7) is 4.46. The van der Waals surface area contributed by atoms with Crippen LogP contribution in [-0.4, -0.2) is 30.1 Å². The number of amides is 1. The van der Waals surface area contributed by atoms with E-state index < -0.39 is 5.97 Å². The third-order valence-electron chi connectivity index (χ3n) is 2.48. The Morgan fingerprint density at radius 2 is 2.05 bits per heavy atom. The van der Waals surface area contributed by atoms with Crippen LogP contribution in [0.1, 0.15) is 24.2 Å². The number of nitrogens with two attached hydrogens (primary N) is 1. The van der Waals surface area contributed by atoms with E-state index in [1.807, 2.05) is 13.8 Å². The van der Waals surface area contributed by atoms with Gasteiger partial charge >= 0.3 is 5.97 Å². The molecule has 0 atom stereocenters. The summed E-state index contributed by atoms with van der Waals surface area (Å²) in [7, 11) is 0. The van der Waals surface area contributed by atoms with Crippen LogP contribution in [0.3, 0.4) is 0 Å². The monoisotopic (exact) mass is 299 g/mol. The first kappa shape index (κ1) is 16.1. The van der Waals surface area contributed by atoms with Crippen molar-refractivity contribution in [2.24, 2.45) is 5.92 Å². The smallest absolute Gasteiger partial charge is 0.337 e. The fourth-order valence-electron chi connectivity index (χ4n) is 1.53. The minimum atomic E-state index is -1.16. The number of carboxylic acid groups (broad SMARTS) is 1. The number of carbonyl (C=O) groups is 2. The molecule has 0 fully saturated rings. The van der Waals surface area contributed by atoms with Crippen molar-refractivity contribution >= 4 is 34.9 Å². The van der Waals surface area contributed by atoms with Crippen LogP contribution in [0.4, 0.5) is 11.4 Å². The SMILES string of the molecule is CC(C)CNC(=O)CNc1c(Cl)cc(N)cc1C(=O)O. The topological polar surface area (TPSA) is 104 Å². The molecule has 1 aromatic rings. The number of carboxylic acids is 1. The quantitative estimate of drug-likeness (QED) is 0.600. The van der Waals surface area contributed by atoms with E-state index in [1.165, 1.54) is 12.1 Å². The molecular formula is C13H18ClN3O3. The summed E-state index contributed by atoms with van der Waals surface area (Å²) < 4.78 is 0. The highest BCUT2D eigenvalue weighted by Crippen LogP contribution is 2.29. The standard InChI is InChI=1S/C13H18ClN3O3/c1-7(2)5-16-11(18)6-17-12-9(13(19)20)3-8(15)4-10(12)14/h3-4,7,17H,5-6,15H2,1-2H3,(H,16,18)(H,19,20). The van der Waals surface area contributed by atoms with Gasteiger partial charge in [-0.05, 0) is 18.1 Å². The molecule has 0 aromatic heterocycles. The lowest BCUT2D eigenvalue weighted by atomic mass is 10.1. The van der Waals surface area contributed by atoms with E-state index in [0.29, 0.717) is 12.5 Å². The van der Waals surface area contributed by atoms with Crippen LogP contribution in [0.25, 0.3) is 0 Å². The number of benzene rings is 1. The molecule has 7 heteroatoms. The molecule has 1 aromatic carbocycles. The van der Waals surface area contributed by atoms with Crippen LogP contribution in [0.5, 0.6) is 0 Å². The summed E-state index contributed by atoms with van der Waals surface area (Å²) >= 11 is 5.95. The number of halogens is 1. The molecule has 0 heterocycles. The Hall–Kier alpha value is -1.95. The van der Waals surface area contributed by atoms with Crippen LogP contribution < -0.4 is 16.4 Å². The molecule has 0 aliphatic heterocycles. The van der Waals surface area contributed by atoms with Crippen molar-refractivity contribution < 1.29 is 14.7 Å². The number of hydrogen-bond donors (Lipinski definition) is 4. The Balaban J connectivity index is 2.77. The number of aromatic carboxylic acids is 1. The van der Waals surface area contributed by atoms with E-state index in [0.717, 1.165) is 0 Å². The summed E-state index contributed by atoms with van der Waals surface area (Å²) in [5.74, 6) is -1.05. The van der Waals surface area contributed by atoms with Gasteiger partial charge in [0.1, 0.15) is 0 Å². The average molecular weight is 300 g/mol. The summed E-state index contributed by atoms with van der Waals surface area (Å²) in [6.07, 6.45) is 0. The second-order valence-corrected chi connectivity index (χ2v) is 5.19. The van der Waals surface area contributed by atoms with Gasteiger partial charge in [-0.3, -0.25) is 4.79 Å². The Morgan fingerprint density at radius 3 is 2.60 bits per heavy atom. The molecule has 1 rings (SSSR count). The highest BCUT2D eigenvalue weighted by Gasteiger charge is 2.15. The van der Waals surface area contributed by atoms with Crippen LogP contribution in [0.15, 0.2) is 12.1 Å². The van der Waals surface area contributed by atoms with E-state index >= 15 is 0 Å². The third kappa shape index (κ3) is 4.62. The molecule has 0 aliphatic rings. The van der Waals surface area contributed by atoms with E-state index in [4.69, 9.17) is 22.4 Å². The summed E-state index contributed by atoms with van der Waals surface area (Å²) in [5.41, 5.74) is 5.93. The average Bonchev–Trinajstić information content (AvgIpc) is 2.34. The second kappa shape index (κ2) is 7.00. The van der Waals surface area contributed by atoms with Crippen molar-refractivity contribution in [1.82, 2.24) is 5.32 Å². The fourth-order valence-corrected chi connectivity index (χ4v) is 1.82.